The molecular formula is C19H25N3O2. The van der Waals surface area contributed by atoms with Crippen molar-refractivity contribution in [2.24, 2.45) is 0 Å². The van der Waals surface area contributed by atoms with E-state index in [9.17, 15) is 14.9 Å². The van der Waals surface area contributed by atoms with Crippen LogP contribution in [0.4, 0.5) is 0 Å². The fourth-order valence-corrected chi connectivity index (χ4v) is 3.02. The molecule has 1 aromatic rings. The molecule has 1 fully saturated rings. The van der Waals surface area contributed by atoms with Crippen molar-refractivity contribution in [2.45, 2.75) is 58.0 Å². The molecule has 1 heterocycles. The monoisotopic (exact) mass is 327 g/mol. The van der Waals surface area contributed by atoms with Gasteiger partial charge < -0.3 is 10.2 Å². The summed E-state index contributed by atoms with van der Waals surface area (Å²) < 4.78 is 0. The van der Waals surface area contributed by atoms with Crippen LogP contribution in [0.2, 0.25) is 0 Å². The zero-order chi connectivity index (χ0) is 17.9. The van der Waals surface area contributed by atoms with E-state index in [2.05, 4.69) is 32.2 Å². The van der Waals surface area contributed by atoms with Gasteiger partial charge in [0.25, 0.3) is 0 Å². The van der Waals surface area contributed by atoms with Gasteiger partial charge in [0.05, 0.1) is 6.07 Å². The highest BCUT2D eigenvalue weighted by atomic mass is 16.2. The van der Waals surface area contributed by atoms with E-state index in [0.717, 1.165) is 12.0 Å². The van der Waals surface area contributed by atoms with Crippen molar-refractivity contribution < 1.29 is 9.59 Å². The Morgan fingerprint density at radius 3 is 2.42 bits per heavy atom. The van der Waals surface area contributed by atoms with Gasteiger partial charge in [-0.25, -0.2) is 0 Å². The van der Waals surface area contributed by atoms with Crippen molar-refractivity contribution in [1.82, 2.24) is 10.2 Å². The van der Waals surface area contributed by atoms with Crippen LogP contribution in [0.1, 0.15) is 57.7 Å². The number of amides is 2. The van der Waals surface area contributed by atoms with E-state index < -0.39 is 12.1 Å². The van der Waals surface area contributed by atoms with Crippen LogP contribution in [0.5, 0.6) is 0 Å². The largest absolute Gasteiger partial charge is 0.335 e. The molecule has 0 aromatic heterocycles. The number of nitrogens with zero attached hydrogens (tertiary/aromatic N) is 2. The second-order valence-corrected chi connectivity index (χ2v) is 7.31. The molecule has 2 rings (SSSR count). The number of hydrogen-bond donors (Lipinski definition) is 1. The molecule has 1 aromatic carbocycles. The fourth-order valence-electron chi connectivity index (χ4n) is 3.02. The maximum absolute atomic E-state index is 12.5. The van der Waals surface area contributed by atoms with Crippen molar-refractivity contribution >= 4 is 11.8 Å². The van der Waals surface area contributed by atoms with Gasteiger partial charge in [0.1, 0.15) is 12.1 Å². The normalized spacial score (nSPS) is 18.8. The van der Waals surface area contributed by atoms with Crippen LogP contribution < -0.4 is 5.32 Å². The molecule has 2 atom stereocenters. The van der Waals surface area contributed by atoms with E-state index in [1.807, 2.05) is 24.3 Å². The summed E-state index contributed by atoms with van der Waals surface area (Å²) >= 11 is 0. The Balaban J connectivity index is 2.11. The minimum absolute atomic E-state index is 0.0375. The van der Waals surface area contributed by atoms with Crippen molar-refractivity contribution in [2.75, 3.05) is 6.54 Å². The second-order valence-electron chi connectivity index (χ2n) is 7.31. The molecule has 0 spiro atoms. The van der Waals surface area contributed by atoms with E-state index in [4.69, 9.17) is 0 Å². The molecule has 1 saturated heterocycles. The van der Waals surface area contributed by atoms with Gasteiger partial charge in [-0.1, -0.05) is 45.0 Å². The Hall–Kier alpha value is -2.35. The Morgan fingerprint density at radius 1 is 1.29 bits per heavy atom. The molecule has 0 unspecified atom stereocenters. The third-order valence-corrected chi connectivity index (χ3v) is 4.49. The summed E-state index contributed by atoms with van der Waals surface area (Å²) in [5.74, 6) is -0.357. The highest BCUT2D eigenvalue weighted by Gasteiger charge is 2.33. The molecule has 24 heavy (non-hydrogen) atoms. The summed E-state index contributed by atoms with van der Waals surface area (Å²) in [4.78, 5) is 25.6. The lowest BCUT2D eigenvalue weighted by molar-refractivity contribution is -0.137. The fraction of sp³-hybridized carbons (Fsp3) is 0.526. The van der Waals surface area contributed by atoms with Crippen LogP contribution in [-0.4, -0.2) is 29.3 Å². The van der Waals surface area contributed by atoms with Crippen molar-refractivity contribution in [1.29, 1.82) is 5.26 Å². The van der Waals surface area contributed by atoms with Crippen LogP contribution in [0, 0.1) is 11.3 Å². The number of nitriles is 1. The number of carbonyl (C=O) groups excluding carboxylic acids is 2. The lowest BCUT2D eigenvalue weighted by atomic mass is 9.86. The predicted octanol–water partition coefficient (Wildman–Crippen LogP) is 2.68. The van der Waals surface area contributed by atoms with E-state index >= 15 is 0 Å². The number of nitrogens with one attached hydrogen (secondary N) is 1. The second kappa shape index (κ2) is 7.04. The zero-order valence-electron chi connectivity index (χ0n) is 14.8. The summed E-state index contributed by atoms with van der Waals surface area (Å²) in [7, 11) is 0. The molecule has 0 radical (unpaired) electrons. The van der Waals surface area contributed by atoms with Gasteiger partial charge in [-0.2, -0.15) is 5.26 Å². The lowest BCUT2D eigenvalue weighted by Crippen LogP contribution is -2.46. The van der Waals surface area contributed by atoms with E-state index in [0.29, 0.717) is 13.0 Å². The quantitative estimate of drug-likeness (QED) is 0.927. The molecule has 128 valence electrons. The first-order chi connectivity index (χ1) is 11.2. The number of likely N-dealkylation sites (tertiary alicyclic amines) is 1. The van der Waals surface area contributed by atoms with Gasteiger partial charge >= 0.3 is 0 Å². The number of benzene rings is 1. The highest BCUT2D eigenvalue weighted by Crippen LogP contribution is 2.24. The zero-order valence-corrected chi connectivity index (χ0v) is 14.8. The Bertz CT molecular complexity index is 653. The number of hydrogen-bond acceptors (Lipinski definition) is 3. The summed E-state index contributed by atoms with van der Waals surface area (Å²) in [5.41, 5.74) is 1.97. The minimum Gasteiger partial charge on any atom is -0.335 e. The number of carbonyl (C=O) groups is 2. The van der Waals surface area contributed by atoms with Crippen molar-refractivity contribution in [3.05, 3.63) is 35.4 Å². The molecular weight excluding hydrogens is 302 g/mol. The predicted molar refractivity (Wildman–Crippen MR) is 92.0 cm³/mol. The highest BCUT2D eigenvalue weighted by molar-refractivity contribution is 5.87. The van der Waals surface area contributed by atoms with Gasteiger partial charge in [-0.3, -0.25) is 9.59 Å². The van der Waals surface area contributed by atoms with Gasteiger partial charge in [-0.05, 0) is 29.4 Å². The molecule has 0 aliphatic carbocycles. The molecule has 2 amide bonds. The van der Waals surface area contributed by atoms with Gasteiger partial charge in [0.2, 0.25) is 11.8 Å². The molecule has 1 N–H and O–H groups in total. The van der Waals surface area contributed by atoms with Crippen molar-refractivity contribution in [3.63, 3.8) is 0 Å². The first-order valence-electron chi connectivity index (χ1n) is 8.31. The molecule has 0 saturated carbocycles. The average molecular weight is 327 g/mol. The Labute approximate surface area is 143 Å². The van der Waals surface area contributed by atoms with Crippen LogP contribution in [0.25, 0.3) is 0 Å². The van der Waals surface area contributed by atoms with Crippen LogP contribution in [0.3, 0.4) is 0 Å². The summed E-state index contributed by atoms with van der Waals surface area (Å²) in [6.45, 7) is 8.45. The van der Waals surface area contributed by atoms with E-state index in [1.54, 1.807) is 4.90 Å². The Morgan fingerprint density at radius 2 is 1.92 bits per heavy atom. The lowest BCUT2D eigenvalue weighted by Gasteiger charge is -2.24. The standard InChI is InChI=1S/C19H25N3O2/c1-13(23)22-11-5-6-17(22)18(24)21-16(12-20)14-7-9-15(10-8-14)19(2,3)4/h7-10,16-17H,5-6,11H2,1-4H3,(H,21,24)/t16-,17-/m0/s1. The Kier molecular flexibility index (Phi) is 5.28. The first-order valence-corrected chi connectivity index (χ1v) is 8.31. The maximum Gasteiger partial charge on any atom is 0.244 e. The van der Waals surface area contributed by atoms with Gasteiger partial charge in [-0.15, -0.1) is 0 Å². The van der Waals surface area contributed by atoms with E-state index in [1.165, 1.54) is 12.5 Å². The van der Waals surface area contributed by atoms with Crippen LogP contribution in [0.15, 0.2) is 24.3 Å². The number of rotatable bonds is 3. The van der Waals surface area contributed by atoms with Gasteiger partial charge in [0.15, 0.2) is 0 Å². The van der Waals surface area contributed by atoms with Crippen molar-refractivity contribution in [3.8, 4) is 6.07 Å². The maximum atomic E-state index is 12.5. The molecule has 1 aliphatic heterocycles. The third kappa shape index (κ3) is 3.94. The molecule has 5 nitrogen and oxygen atoms in total. The summed E-state index contributed by atoms with van der Waals surface area (Å²) in [6, 6.07) is 8.71. The smallest absolute Gasteiger partial charge is 0.244 e. The average Bonchev–Trinajstić information content (AvgIpc) is 3.01. The SMILES string of the molecule is CC(=O)N1CCC[C@H]1C(=O)N[C@@H](C#N)c1ccc(C(C)(C)C)cc1. The van der Waals surface area contributed by atoms with E-state index in [-0.39, 0.29) is 17.2 Å². The first kappa shape index (κ1) is 18.0. The van der Waals surface area contributed by atoms with Gasteiger partial charge in [0, 0.05) is 13.5 Å². The molecule has 5 heteroatoms. The summed E-state index contributed by atoms with van der Waals surface area (Å²) in [5, 5.41) is 12.2. The summed E-state index contributed by atoms with van der Waals surface area (Å²) in [6.07, 6.45) is 1.46. The molecule has 0 bridgehead atoms. The third-order valence-electron chi connectivity index (χ3n) is 4.49. The topological polar surface area (TPSA) is 73.2 Å². The van der Waals surface area contributed by atoms with Crippen LogP contribution >= 0.6 is 0 Å². The molecule has 1 aliphatic rings. The van der Waals surface area contributed by atoms with Crippen LogP contribution in [-0.2, 0) is 15.0 Å². The minimum atomic E-state index is -0.707.